The minimum Gasteiger partial charge on any atom is -0.508 e. The number of benzene rings is 3. The third-order valence-corrected chi connectivity index (χ3v) is 5.42. The van der Waals surface area contributed by atoms with Crippen molar-refractivity contribution >= 4 is 11.7 Å². The van der Waals surface area contributed by atoms with Crippen molar-refractivity contribution in [2.24, 2.45) is 4.99 Å². The first kappa shape index (κ1) is 20.6. The normalized spacial score (nSPS) is 18.2. The van der Waals surface area contributed by atoms with Crippen LogP contribution in [-0.2, 0) is 4.74 Å². The number of carbonyl (C=O) groups is 1. The Labute approximate surface area is 181 Å². The Hall–Kier alpha value is -3.64. The fourth-order valence-electron chi connectivity index (χ4n) is 3.74. The molecule has 3 aromatic carbocycles. The summed E-state index contributed by atoms with van der Waals surface area (Å²) in [5.74, 6) is 0.652. The van der Waals surface area contributed by atoms with Gasteiger partial charge in [0, 0.05) is 23.7 Å². The number of nitrogens with one attached hydrogen (secondary N) is 1. The van der Waals surface area contributed by atoms with Crippen LogP contribution in [0.5, 0.6) is 11.5 Å². The Balaban J connectivity index is 1.71. The summed E-state index contributed by atoms with van der Waals surface area (Å²) >= 11 is 0. The lowest BCUT2D eigenvalue weighted by Gasteiger charge is -2.31. The number of carbonyl (C=O) groups excluding carboxylic acids is 1. The first-order chi connectivity index (χ1) is 15.1. The minimum atomic E-state index is -0.377. The molecule has 2 N–H and O–H groups in total. The van der Waals surface area contributed by atoms with Crippen LogP contribution in [0.15, 0.2) is 77.8 Å². The standard InChI is InChI=1S/C25H24N2O4/c1-30-19-13-11-16(12-14-19)21-15-22(20-5-3-4-6-23(20)28)27-24(26-21)17-7-9-18(10-8-17)25(29)31-2/h3-14,22,24,27-28H,15H2,1-2H3. The second-order valence-corrected chi connectivity index (χ2v) is 7.30. The number of nitrogens with zero attached hydrogens (tertiary/aromatic N) is 1. The van der Waals surface area contributed by atoms with E-state index in [0.29, 0.717) is 12.0 Å². The van der Waals surface area contributed by atoms with Crippen molar-refractivity contribution in [1.82, 2.24) is 5.32 Å². The summed E-state index contributed by atoms with van der Waals surface area (Å²) in [4.78, 5) is 16.7. The topological polar surface area (TPSA) is 80.2 Å². The Morgan fingerprint density at radius 1 is 1.00 bits per heavy atom. The first-order valence-electron chi connectivity index (χ1n) is 10.0. The first-order valence-corrected chi connectivity index (χ1v) is 10.0. The monoisotopic (exact) mass is 416 g/mol. The van der Waals surface area contributed by atoms with Gasteiger partial charge in [-0.25, -0.2) is 4.79 Å². The van der Waals surface area contributed by atoms with E-state index in [2.05, 4.69) is 5.32 Å². The molecule has 3 aromatic rings. The Bertz CT molecular complexity index is 1090. The van der Waals surface area contributed by atoms with Crippen LogP contribution in [0.25, 0.3) is 0 Å². The highest BCUT2D eigenvalue weighted by Gasteiger charge is 2.27. The summed E-state index contributed by atoms with van der Waals surface area (Å²) in [5.41, 5.74) is 4.15. The number of hydrogen-bond acceptors (Lipinski definition) is 6. The number of rotatable bonds is 5. The van der Waals surface area contributed by atoms with E-state index in [0.717, 1.165) is 28.2 Å². The lowest BCUT2D eigenvalue weighted by Crippen LogP contribution is -2.33. The Morgan fingerprint density at radius 2 is 1.71 bits per heavy atom. The fraction of sp³-hybridized carbons (Fsp3) is 0.200. The molecule has 6 heteroatoms. The number of aromatic hydroxyl groups is 1. The van der Waals surface area contributed by atoms with Gasteiger partial charge in [-0.3, -0.25) is 10.3 Å². The number of phenolic OH excluding ortho intramolecular Hbond substituents is 1. The molecule has 0 aromatic heterocycles. The molecule has 4 rings (SSSR count). The smallest absolute Gasteiger partial charge is 0.337 e. The molecule has 31 heavy (non-hydrogen) atoms. The van der Waals surface area contributed by atoms with Crippen molar-refractivity contribution in [2.45, 2.75) is 18.6 Å². The van der Waals surface area contributed by atoms with E-state index in [1.807, 2.05) is 54.6 Å². The lowest BCUT2D eigenvalue weighted by molar-refractivity contribution is 0.0600. The molecule has 0 amide bonds. The largest absolute Gasteiger partial charge is 0.508 e. The van der Waals surface area contributed by atoms with Crippen molar-refractivity contribution in [1.29, 1.82) is 0 Å². The molecule has 0 bridgehead atoms. The predicted molar refractivity (Wildman–Crippen MR) is 119 cm³/mol. The third kappa shape index (κ3) is 4.44. The van der Waals surface area contributed by atoms with Crippen LogP contribution in [0.1, 0.15) is 45.7 Å². The van der Waals surface area contributed by atoms with E-state index in [1.54, 1.807) is 25.3 Å². The van der Waals surface area contributed by atoms with Crippen LogP contribution in [0.3, 0.4) is 0 Å². The molecule has 1 aliphatic heterocycles. The molecular formula is C25H24N2O4. The van der Waals surface area contributed by atoms with Crippen molar-refractivity contribution in [3.63, 3.8) is 0 Å². The molecule has 2 atom stereocenters. The summed E-state index contributed by atoms with van der Waals surface area (Å²) in [6, 6.07) is 22.2. The maximum atomic E-state index is 11.8. The van der Waals surface area contributed by atoms with Crippen LogP contribution in [-0.4, -0.2) is 31.0 Å². The molecule has 0 saturated carbocycles. The minimum absolute atomic E-state index is 0.124. The summed E-state index contributed by atoms with van der Waals surface area (Å²) < 4.78 is 10.1. The molecule has 0 radical (unpaired) electrons. The number of methoxy groups -OCH3 is 2. The maximum absolute atomic E-state index is 11.8. The highest BCUT2D eigenvalue weighted by Crippen LogP contribution is 2.34. The maximum Gasteiger partial charge on any atom is 0.337 e. The van der Waals surface area contributed by atoms with E-state index in [1.165, 1.54) is 7.11 Å². The average Bonchev–Trinajstić information content (AvgIpc) is 2.83. The number of esters is 1. The van der Waals surface area contributed by atoms with Gasteiger partial charge in [-0.1, -0.05) is 30.3 Å². The zero-order valence-electron chi connectivity index (χ0n) is 17.4. The molecular weight excluding hydrogens is 392 g/mol. The van der Waals surface area contributed by atoms with Crippen LogP contribution in [0.2, 0.25) is 0 Å². The zero-order chi connectivity index (χ0) is 21.8. The molecule has 0 fully saturated rings. The SMILES string of the molecule is COC(=O)c1ccc(C2N=C(c3ccc(OC)cc3)CC(c3ccccc3O)N2)cc1. The van der Waals surface area contributed by atoms with Gasteiger partial charge in [0.25, 0.3) is 0 Å². The number of phenols is 1. The molecule has 6 nitrogen and oxygen atoms in total. The summed E-state index contributed by atoms with van der Waals surface area (Å²) in [6.07, 6.45) is 0.294. The van der Waals surface area contributed by atoms with Crippen LogP contribution >= 0.6 is 0 Å². The van der Waals surface area contributed by atoms with Crippen LogP contribution in [0.4, 0.5) is 0 Å². The van der Waals surface area contributed by atoms with E-state index in [4.69, 9.17) is 14.5 Å². The summed E-state index contributed by atoms with van der Waals surface area (Å²) in [6.45, 7) is 0. The van der Waals surface area contributed by atoms with Gasteiger partial charge in [-0.15, -0.1) is 0 Å². The highest BCUT2D eigenvalue weighted by atomic mass is 16.5. The van der Waals surface area contributed by atoms with E-state index >= 15 is 0 Å². The number of ether oxygens (including phenoxy) is 2. The number of hydrogen-bond donors (Lipinski definition) is 2. The second kappa shape index (κ2) is 9.02. The van der Waals surface area contributed by atoms with E-state index in [-0.39, 0.29) is 23.9 Å². The van der Waals surface area contributed by atoms with E-state index < -0.39 is 0 Å². The highest BCUT2D eigenvalue weighted by molar-refractivity contribution is 6.01. The number of aliphatic imine (C=N–C) groups is 1. The molecule has 0 aliphatic carbocycles. The quantitative estimate of drug-likeness (QED) is 0.602. The summed E-state index contributed by atoms with van der Waals surface area (Å²) in [5, 5.41) is 13.9. The van der Waals surface area contributed by atoms with Gasteiger partial charge in [0.15, 0.2) is 0 Å². The van der Waals surface area contributed by atoms with Crippen molar-refractivity contribution in [3.05, 3.63) is 95.1 Å². The van der Waals surface area contributed by atoms with Gasteiger partial charge in [-0.05, 0) is 53.6 Å². The fourth-order valence-corrected chi connectivity index (χ4v) is 3.74. The second-order valence-electron chi connectivity index (χ2n) is 7.30. The molecule has 1 aliphatic rings. The van der Waals surface area contributed by atoms with Gasteiger partial charge >= 0.3 is 5.97 Å². The summed E-state index contributed by atoms with van der Waals surface area (Å²) in [7, 11) is 3.00. The lowest BCUT2D eigenvalue weighted by atomic mass is 9.93. The molecule has 1 heterocycles. The Kier molecular flexibility index (Phi) is 6.00. The van der Waals surface area contributed by atoms with E-state index in [9.17, 15) is 9.90 Å². The van der Waals surface area contributed by atoms with Gasteiger partial charge in [-0.2, -0.15) is 0 Å². The Morgan fingerprint density at radius 3 is 2.35 bits per heavy atom. The van der Waals surface area contributed by atoms with Crippen molar-refractivity contribution in [2.75, 3.05) is 14.2 Å². The third-order valence-electron chi connectivity index (χ3n) is 5.42. The van der Waals surface area contributed by atoms with Crippen LogP contribution in [0, 0.1) is 0 Å². The number of para-hydroxylation sites is 1. The predicted octanol–water partition coefficient (Wildman–Crippen LogP) is 4.41. The van der Waals surface area contributed by atoms with Gasteiger partial charge < -0.3 is 14.6 Å². The van der Waals surface area contributed by atoms with Gasteiger partial charge in [0.1, 0.15) is 17.7 Å². The average molecular weight is 416 g/mol. The molecule has 158 valence electrons. The van der Waals surface area contributed by atoms with Gasteiger partial charge in [0.2, 0.25) is 0 Å². The molecule has 2 unspecified atom stereocenters. The van der Waals surface area contributed by atoms with Gasteiger partial charge in [0.05, 0.1) is 19.8 Å². The zero-order valence-corrected chi connectivity index (χ0v) is 17.4. The molecule has 0 saturated heterocycles. The van der Waals surface area contributed by atoms with Crippen LogP contribution < -0.4 is 10.1 Å². The van der Waals surface area contributed by atoms with Crippen molar-refractivity contribution in [3.8, 4) is 11.5 Å². The molecule has 0 spiro atoms. The van der Waals surface area contributed by atoms with Crippen molar-refractivity contribution < 1.29 is 19.4 Å².